The first kappa shape index (κ1) is 21.0. The van der Waals surface area contributed by atoms with Gasteiger partial charge in [-0.3, -0.25) is 0 Å². The van der Waals surface area contributed by atoms with Crippen LogP contribution in [0, 0.1) is 45.0 Å². The monoisotopic (exact) mass is 528 g/mol. The average molecular weight is 528 g/mol. The minimum absolute atomic E-state index is 0.301. The molecule has 1 unspecified atom stereocenters. The number of halogens is 1. The van der Waals surface area contributed by atoms with Crippen LogP contribution < -0.4 is 16.4 Å². The lowest BCUT2D eigenvalue weighted by Crippen LogP contribution is -2.58. The van der Waals surface area contributed by atoms with Crippen molar-refractivity contribution >= 4 is 34.4 Å². The molecule has 0 spiro atoms. The van der Waals surface area contributed by atoms with E-state index in [4.69, 9.17) is 5.73 Å². The molecule has 0 aliphatic heterocycles. The molecule has 4 aliphatic carbocycles. The van der Waals surface area contributed by atoms with Gasteiger partial charge in [0.25, 0.3) is 0 Å². The van der Waals surface area contributed by atoms with Gasteiger partial charge in [0.05, 0.1) is 6.20 Å². The first-order chi connectivity index (χ1) is 14.9. The van der Waals surface area contributed by atoms with Crippen molar-refractivity contribution in [3.63, 3.8) is 0 Å². The minimum atomic E-state index is 0.301. The van der Waals surface area contributed by atoms with E-state index in [-0.39, 0.29) is 0 Å². The van der Waals surface area contributed by atoms with E-state index in [1.54, 1.807) is 6.20 Å². The molecule has 5 atom stereocenters. The fourth-order valence-electron chi connectivity index (χ4n) is 6.41. The molecular formula is C24H29IN6. The third kappa shape index (κ3) is 4.12. The SMILES string of the molecule is Cc1ccc(I)cc1CNc1ncc(C#N)c(NC[C@]23CC4C[C@H](C2)[C@@H](N)[C@@H](C4)C3)n1. The van der Waals surface area contributed by atoms with Crippen molar-refractivity contribution in [1.29, 1.82) is 5.26 Å². The molecule has 0 saturated heterocycles. The van der Waals surface area contributed by atoms with Gasteiger partial charge in [0, 0.05) is 22.7 Å². The first-order valence-electron chi connectivity index (χ1n) is 11.2. The van der Waals surface area contributed by atoms with Crippen molar-refractivity contribution in [3.05, 3.63) is 44.7 Å². The van der Waals surface area contributed by atoms with Crippen LogP contribution in [0.5, 0.6) is 0 Å². The largest absolute Gasteiger partial charge is 0.368 e. The number of aryl methyl sites for hydroxylation is 1. The third-order valence-corrected chi connectivity index (χ3v) is 8.43. The van der Waals surface area contributed by atoms with Gasteiger partial charge in [-0.1, -0.05) is 6.07 Å². The Labute approximate surface area is 197 Å². The van der Waals surface area contributed by atoms with E-state index in [9.17, 15) is 5.26 Å². The Bertz CT molecular complexity index is 1020. The van der Waals surface area contributed by atoms with E-state index in [0.717, 1.165) is 12.5 Å². The summed E-state index contributed by atoms with van der Waals surface area (Å²) in [6.07, 6.45) is 7.93. The molecule has 0 amide bonds. The van der Waals surface area contributed by atoms with E-state index in [2.05, 4.69) is 74.4 Å². The lowest BCUT2D eigenvalue weighted by atomic mass is 9.48. The van der Waals surface area contributed by atoms with Gasteiger partial charge in [-0.2, -0.15) is 10.2 Å². The molecule has 1 aromatic carbocycles. The summed E-state index contributed by atoms with van der Waals surface area (Å²) in [4.78, 5) is 9.02. The normalized spacial score (nSPS) is 30.8. The van der Waals surface area contributed by atoms with Crippen LogP contribution in [-0.4, -0.2) is 22.6 Å². The van der Waals surface area contributed by atoms with Gasteiger partial charge >= 0.3 is 0 Å². The van der Waals surface area contributed by atoms with Crippen molar-refractivity contribution in [3.8, 4) is 6.07 Å². The summed E-state index contributed by atoms with van der Waals surface area (Å²) >= 11 is 2.33. The summed E-state index contributed by atoms with van der Waals surface area (Å²) in [5.41, 5.74) is 9.76. The van der Waals surface area contributed by atoms with Gasteiger partial charge in [0.2, 0.25) is 5.95 Å². The summed E-state index contributed by atoms with van der Waals surface area (Å²) in [6, 6.07) is 9.04. The second-order valence-electron chi connectivity index (χ2n) is 9.89. The second-order valence-corrected chi connectivity index (χ2v) is 11.1. The van der Waals surface area contributed by atoms with E-state index in [0.29, 0.717) is 47.2 Å². The number of nitriles is 1. The van der Waals surface area contributed by atoms with Crippen molar-refractivity contribution in [2.24, 2.45) is 28.9 Å². The molecule has 6 nitrogen and oxygen atoms in total. The minimum Gasteiger partial charge on any atom is -0.368 e. The predicted molar refractivity (Wildman–Crippen MR) is 130 cm³/mol. The molecule has 4 saturated carbocycles. The Morgan fingerprint density at radius 3 is 2.74 bits per heavy atom. The van der Waals surface area contributed by atoms with Crippen LogP contribution >= 0.6 is 22.6 Å². The fourth-order valence-corrected chi connectivity index (χ4v) is 6.96. The van der Waals surface area contributed by atoms with E-state index >= 15 is 0 Å². The molecule has 4 N–H and O–H groups in total. The summed E-state index contributed by atoms with van der Waals surface area (Å²) < 4.78 is 1.21. The van der Waals surface area contributed by atoms with Gasteiger partial charge in [-0.25, -0.2) is 4.98 Å². The number of hydrogen-bond donors (Lipinski definition) is 3. The Morgan fingerprint density at radius 1 is 1.23 bits per heavy atom. The number of aromatic nitrogens is 2. The Balaban J connectivity index is 1.29. The summed E-state index contributed by atoms with van der Waals surface area (Å²) in [6.45, 7) is 3.63. The zero-order chi connectivity index (χ0) is 21.6. The number of nitrogens with one attached hydrogen (secondary N) is 2. The quantitative estimate of drug-likeness (QED) is 0.480. The van der Waals surface area contributed by atoms with Gasteiger partial charge in [0.15, 0.2) is 0 Å². The number of nitrogens with zero attached hydrogens (tertiary/aromatic N) is 3. The van der Waals surface area contributed by atoms with Gasteiger partial charge in [0.1, 0.15) is 17.5 Å². The van der Waals surface area contributed by atoms with E-state index < -0.39 is 0 Å². The predicted octanol–water partition coefficient (Wildman–Crippen LogP) is 4.44. The second kappa shape index (κ2) is 8.21. The highest BCUT2D eigenvalue weighted by Crippen LogP contribution is 2.59. The highest BCUT2D eigenvalue weighted by atomic mass is 127. The maximum atomic E-state index is 9.57. The number of rotatable bonds is 6. The molecule has 31 heavy (non-hydrogen) atoms. The van der Waals surface area contributed by atoms with Crippen molar-refractivity contribution in [2.45, 2.75) is 51.6 Å². The van der Waals surface area contributed by atoms with Crippen LogP contribution in [0.1, 0.15) is 48.8 Å². The maximum absolute atomic E-state index is 9.57. The topological polar surface area (TPSA) is 99.7 Å². The maximum Gasteiger partial charge on any atom is 0.224 e. The molecule has 4 aliphatic rings. The summed E-state index contributed by atoms with van der Waals surface area (Å²) in [7, 11) is 0. The highest BCUT2D eigenvalue weighted by molar-refractivity contribution is 14.1. The van der Waals surface area contributed by atoms with Crippen LogP contribution in [0.25, 0.3) is 0 Å². The zero-order valence-electron chi connectivity index (χ0n) is 17.9. The van der Waals surface area contributed by atoms with Crippen LogP contribution in [0.3, 0.4) is 0 Å². The standard InChI is InChI=1S/C24H29IN6/c1-14-2-3-20(25)6-18(14)11-28-23-29-12-19(10-26)22(31-23)30-13-24-7-15-4-16(8-24)21(27)17(5-15)9-24/h2-3,6,12,15-17,21H,4-5,7-9,11,13,27H2,1H3,(H2,28,29,30,31)/t15?,16-,17+,21-,24-. The lowest BCUT2D eigenvalue weighted by Gasteiger charge is -2.59. The van der Waals surface area contributed by atoms with Crippen LogP contribution in [0.2, 0.25) is 0 Å². The third-order valence-electron chi connectivity index (χ3n) is 7.76. The Hall–Kier alpha value is -1.92. The van der Waals surface area contributed by atoms with Gasteiger partial charge in [-0.05, 0) is 108 Å². The summed E-state index contributed by atoms with van der Waals surface area (Å²) in [5.74, 6) is 3.35. The number of hydrogen-bond acceptors (Lipinski definition) is 6. The molecule has 162 valence electrons. The zero-order valence-corrected chi connectivity index (χ0v) is 20.0. The Kier molecular flexibility index (Phi) is 5.55. The smallest absolute Gasteiger partial charge is 0.224 e. The summed E-state index contributed by atoms with van der Waals surface area (Å²) in [5, 5.41) is 16.4. The molecule has 1 aromatic heterocycles. The molecule has 6 rings (SSSR count). The van der Waals surface area contributed by atoms with Gasteiger partial charge < -0.3 is 16.4 Å². The van der Waals surface area contributed by atoms with Crippen molar-refractivity contribution < 1.29 is 0 Å². The van der Waals surface area contributed by atoms with Crippen LogP contribution in [-0.2, 0) is 6.54 Å². The molecule has 2 aromatic rings. The number of nitrogens with two attached hydrogens (primary N) is 1. The Morgan fingerprint density at radius 2 is 2.00 bits per heavy atom. The van der Waals surface area contributed by atoms with E-state index in [1.165, 1.54) is 46.8 Å². The highest BCUT2D eigenvalue weighted by Gasteiger charge is 2.54. The van der Waals surface area contributed by atoms with Crippen molar-refractivity contribution in [2.75, 3.05) is 17.2 Å². The van der Waals surface area contributed by atoms with Crippen LogP contribution in [0.4, 0.5) is 11.8 Å². The average Bonchev–Trinajstić information content (AvgIpc) is 2.76. The van der Waals surface area contributed by atoms with Crippen molar-refractivity contribution in [1.82, 2.24) is 9.97 Å². The number of benzene rings is 1. The van der Waals surface area contributed by atoms with Gasteiger partial charge in [-0.15, -0.1) is 0 Å². The molecule has 4 bridgehead atoms. The molecule has 0 radical (unpaired) electrons. The lowest BCUT2D eigenvalue weighted by molar-refractivity contribution is -0.0591. The molecule has 1 heterocycles. The number of anilines is 2. The molecular weight excluding hydrogens is 499 g/mol. The fraction of sp³-hybridized carbons (Fsp3) is 0.542. The molecule has 7 heteroatoms. The molecule has 4 fully saturated rings. The van der Waals surface area contributed by atoms with E-state index in [1.807, 2.05) is 0 Å². The first-order valence-corrected chi connectivity index (χ1v) is 12.3. The van der Waals surface area contributed by atoms with Crippen LogP contribution in [0.15, 0.2) is 24.4 Å².